The molecule has 0 radical (unpaired) electrons. The van der Waals surface area contributed by atoms with Crippen LogP contribution in [0.5, 0.6) is 5.75 Å². The molecular formula is C17H17ClN2O2. The summed E-state index contributed by atoms with van der Waals surface area (Å²) in [7, 11) is 1.62. The Morgan fingerprint density at radius 1 is 1.14 bits per heavy atom. The lowest BCUT2D eigenvalue weighted by atomic mass is 10.2. The van der Waals surface area contributed by atoms with Crippen LogP contribution in [0.1, 0.15) is 11.1 Å². The minimum absolute atomic E-state index is 0.263. The monoisotopic (exact) mass is 316 g/mol. The molecule has 0 aromatic heterocycles. The average Bonchev–Trinajstić information content (AvgIpc) is 2.55. The quantitative estimate of drug-likeness (QED) is 0.881. The van der Waals surface area contributed by atoms with E-state index in [0.717, 1.165) is 16.9 Å². The smallest absolute Gasteiger partial charge is 0.319 e. The molecule has 0 atom stereocenters. The van der Waals surface area contributed by atoms with Gasteiger partial charge >= 0.3 is 6.03 Å². The summed E-state index contributed by atoms with van der Waals surface area (Å²) in [6.07, 6.45) is 3.38. The Bertz CT molecular complexity index is 637. The largest absolute Gasteiger partial charge is 0.497 e. The van der Waals surface area contributed by atoms with E-state index in [9.17, 15) is 4.79 Å². The summed E-state index contributed by atoms with van der Waals surface area (Å²) in [6, 6.07) is 14.6. The second-order valence-corrected chi connectivity index (χ2v) is 5.00. The Balaban J connectivity index is 1.76. The normalized spacial score (nSPS) is 10.5. The molecule has 2 rings (SSSR count). The summed E-state index contributed by atoms with van der Waals surface area (Å²) in [5.41, 5.74) is 1.96. The maximum absolute atomic E-state index is 11.7. The average molecular weight is 317 g/mol. The third-order valence-electron chi connectivity index (χ3n) is 2.97. The van der Waals surface area contributed by atoms with Crippen LogP contribution < -0.4 is 15.4 Å². The highest BCUT2D eigenvalue weighted by atomic mass is 35.5. The van der Waals surface area contributed by atoms with Crippen molar-refractivity contribution in [2.75, 3.05) is 7.11 Å². The summed E-state index contributed by atoms with van der Waals surface area (Å²) in [5.74, 6) is 0.791. The molecular weight excluding hydrogens is 300 g/mol. The SMILES string of the molecule is COc1ccc(CNC(=O)N/C=C/c2ccc(Cl)cc2)cc1. The predicted octanol–water partition coefficient (Wildman–Crippen LogP) is 3.82. The van der Waals surface area contributed by atoms with Crippen LogP contribution >= 0.6 is 11.6 Å². The highest BCUT2D eigenvalue weighted by Gasteiger charge is 1.98. The van der Waals surface area contributed by atoms with Gasteiger partial charge in [0.2, 0.25) is 0 Å². The van der Waals surface area contributed by atoms with Crippen LogP contribution in [0.3, 0.4) is 0 Å². The van der Waals surface area contributed by atoms with E-state index in [4.69, 9.17) is 16.3 Å². The molecule has 22 heavy (non-hydrogen) atoms. The number of urea groups is 1. The predicted molar refractivity (Wildman–Crippen MR) is 88.9 cm³/mol. The van der Waals surface area contributed by atoms with Crippen molar-refractivity contribution in [3.05, 3.63) is 70.9 Å². The molecule has 5 heteroatoms. The van der Waals surface area contributed by atoms with E-state index in [-0.39, 0.29) is 6.03 Å². The number of benzene rings is 2. The number of hydrogen-bond acceptors (Lipinski definition) is 2. The van der Waals surface area contributed by atoms with Gasteiger partial charge in [0, 0.05) is 17.8 Å². The lowest BCUT2D eigenvalue weighted by Crippen LogP contribution is -2.31. The van der Waals surface area contributed by atoms with E-state index in [1.807, 2.05) is 36.4 Å². The Kier molecular flexibility index (Phi) is 5.86. The van der Waals surface area contributed by atoms with Gasteiger partial charge in [0.25, 0.3) is 0 Å². The molecule has 0 aliphatic rings. The summed E-state index contributed by atoms with van der Waals surface area (Å²) in [4.78, 5) is 11.7. The van der Waals surface area contributed by atoms with Gasteiger partial charge in [-0.25, -0.2) is 4.79 Å². The molecule has 0 fully saturated rings. The first-order valence-corrected chi connectivity index (χ1v) is 7.14. The van der Waals surface area contributed by atoms with Gasteiger partial charge < -0.3 is 15.4 Å². The lowest BCUT2D eigenvalue weighted by Gasteiger charge is -2.06. The molecule has 2 aromatic carbocycles. The highest BCUT2D eigenvalue weighted by molar-refractivity contribution is 6.30. The fourth-order valence-electron chi connectivity index (χ4n) is 1.76. The number of hydrogen-bond donors (Lipinski definition) is 2. The number of nitrogens with one attached hydrogen (secondary N) is 2. The topological polar surface area (TPSA) is 50.4 Å². The summed E-state index contributed by atoms with van der Waals surface area (Å²) < 4.78 is 5.08. The molecule has 0 saturated heterocycles. The van der Waals surface area contributed by atoms with Crippen molar-refractivity contribution in [2.24, 2.45) is 0 Å². The molecule has 0 heterocycles. The van der Waals surface area contributed by atoms with Crippen LogP contribution in [0.4, 0.5) is 4.79 Å². The van der Waals surface area contributed by atoms with E-state index in [0.29, 0.717) is 11.6 Å². The minimum Gasteiger partial charge on any atom is -0.497 e. The van der Waals surface area contributed by atoms with Crippen LogP contribution in [-0.2, 0) is 6.54 Å². The van der Waals surface area contributed by atoms with Crippen molar-refractivity contribution < 1.29 is 9.53 Å². The van der Waals surface area contributed by atoms with Crippen molar-refractivity contribution in [1.29, 1.82) is 0 Å². The number of methoxy groups -OCH3 is 1. The fraction of sp³-hybridized carbons (Fsp3) is 0.118. The number of carbonyl (C=O) groups is 1. The van der Waals surface area contributed by atoms with Crippen LogP contribution in [0.15, 0.2) is 54.7 Å². The molecule has 0 spiro atoms. The van der Waals surface area contributed by atoms with Gasteiger partial charge in [-0.1, -0.05) is 35.9 Å². The highest BCUT2D eigenvalue weighted by Crippen LogP contribution is 2.11. The number of rotatable bonds is 5. The maximum atomic E-state index is 11.7. The number of ether oxygens (including phenoxy) is 1. The molecule has 2 amide bonds. The molecule has 4 nitrogen and oxygen atoms in total. The molecule has 0 bridgehead atoms. The Hall–Kier alpha value is -2.46. The summed E-state index contributed by atoms with van der Waals surface area (Å²) >= 11 is 5.80. The standard InChI is InChI=1S/C17H17ClN2O2/c1-22-16-8-4-14(5-9-16)12-20-17(21)19-11-10-13-2-6-15(18)7-3-13/h2-11H,12H2,1H3,(H2,19,20,21)/b11-10+. The molecule has 2 N–H and O–H groups in total. The van der Waals surface area contributed by atoms with Gasteiger partial charge in [-0.15, -0.1) is 0 Å². The van der Waals surface area contributed by atoms with Crippen LogP contribution in [0.2, 0.25) is 5.02 Å². The van der Waals surface area contributed by atoms with Crippen molar-refractivity contribution >= 4 is 23.7 Å². The maximum Gasteiger partial charge on any atom is 0.319 e. The first-order valence-electron chi connectivity index (χ1n) is 6.77. The molecule has 0 unspecified atom stereocenters. The summed E-state index contributed by atoms with van der Waals surface area (Å²) in [6.45, 7) is 0.449. The van der Waals surface area contributed by atoms with Crippen LogP contribution in [0, 0.1) is 0 Å². The Morgan fingerprint density at radius 3 is 2.45 bits per heavy atom. The van der Waals surface area contributed by atoms with Gasteiger partial charge in [-0.05, 0) is 41.5 Å². The van der Waals surface area contributed by atoms with E-state index >= 15 is 0 Å². The van der Waals surface area contributed by atoms with Crippen molar-refractivity contribution in [3.8, 4) is 5.75 Å². The number of amides is 2. The van der Waals surface area contributed by atoms with Gasteiger partial charge in [0.1, 0.15) is 5.75 Å². The van der Waals surface area contributed by atoms with Gasteiger partial charge in [-0.2, -0.15) is 0 Å². The van der Waals surface area contributed by atoms with E-state index in [2.05, 4.69) is 10.6 Å². The lowest BCUT2D eigenvalue weighted by molar-refractivity contribution is 0.244. The summed E-state index contributed by atoms with van der Waals surface area (Å²) in [5, 5.41) is 6.10. The van der Waals surface area contributed by atoms with Crippen molar-refractivity contribution in [2.45, 2.75) is 6.54 Å². The van der Waals surface area contributed by atoms with Crippen molar-refractivity contribution in [3.63, 3.8) is 0 Å². The van der Waals surface area contributed by atoms with Crippen LogP contribution in [-0.4, -0.2) is 13.1 Å². The molecule has 114 valence electrons. The van der Waals surface area contributed by atoms with Gasteiger partial charge in [0.15, 0.2) is 0 Å². The van der Waals surface area contributed by atoms with E-state index in [1.54, 1.807) is 31.5 Å². The Morgan fingerprint density at radius 2 is 1.82 bits per heavy atom. The minimum atomic E-state index is -0.263. The second-order valence-electron chi connectivity index (χ2n) is 4.56. The zero-order valence-corrected chi connectivity index (χ0v) is 12.9. The third kappa shape index (κ3) is 5.14. The third-order valence-corrected chi connectivity index (χ3v) is 3.22. The fourth-order valence-corrected chi connectivity index (χ4v) is 1.89. The van der Waals surface area contributed by atoms with E-state index < -0.39 is 0 Å². The van der Waals surface area contributed by atoms with E-state index in [1.165, 1.54) is 0 Å². The molecule has 0 saturated carbocycles. The van der Waals surface area contributed by atoms with Crippen LogP contribution in [0.25, 0.3) is 6.08 Å². The zero-order chi connectivity index (χ0) is 15.8. The second kappa shape index (κ2) is 8.10. The first-order chi connectivity index (χ1) is 10.7. The van der Waals surface area contributed by atoms with Crippen molar-refractivity contribution in [1.82, 2.24) is 10.6 Å². The number of carbonyl (C=O) groups excluding carboxylic acids is 1. The molecule has 0 aliphatic carbocycles. The van der Waals surface area contributed by atoms with Gasteiger partial charge in [-0.3, -0.25) is 0 Å². The first kappa shape index (κ1) is 15.9. The van der Waals surface area contributed by atoms with Gasteiger partial charge in [0.05, 0.1) is 7.11 Å². The zero-order valence-electron chi connectivity index (χ0n) is 12.2. The Labute approximate surface area is 134 Å². The number of halogens is 1. The molecule has 2 aromatic rings. The molecule has 0 aliphatic heterocycles.